The third kappa shape index (κ3) is 3.26. The summed E-state index contributed by atoms with van der Waals surface area (Å²) in [5.41, 5.74) is 1.36. The van der Waals surface area contributed by atoms with Crippen LogP contribution in [0.5, 0.6) is 0 Å². The highest BCUT2D eigenvalue weighted by Gasteiger charge is 2.23. The molecule has 102 valence electrons. The topological polar surface area (TPSA) is 21.3 Å². The molecule has 0 spiro atoms. The molecular formula is C15H19NOS2. The Morgan fingerprint density at radius 2 is 2.32 bits per heavy atom. The van der Waals surface area contributed by atoms with E-state index in [1.807, 2.05) is 18.4 Å². The summed E-state index contributed by atoms with van der Waals surface area (Å²) in [5, 5.41) is 8.05. The molecule has 2 nitrogen and oxygen atoms in total. The standard InChI is InChI=1S/C15H19NOS2/c1-17-13-5-4-12(8-13)16-9-14-7-11(10-19-14)15-3-2-6-18-15/h2-3,6-7,10,12-13,16H,4-5,8-9H2,1H3. The van der Waals surface area contributed by atoms with Crippen molar-refractivity contribution in [3.05, 3.63) is 33.8 Å². The van der Waals surface area contributed by atoms with Crippen molar-refractivity contribution in [2.24, 2.45) is 0 Å². The molecule has 1 N–H and O–H groups in total. The molecule has 1 fully saturated rings. The number of hydrogen-bond donors (Lipinski definition) is 1. The van der Waals surface area contributed by atoms with Gasteiger partial charge in [-0.25, -0.2) is 0 Å². The average molecular weight is 293 g/mol. The first-order chi connectivity index (χ1) is 9.35. The lowest BCUT2D eigenvalue weighted by atomic mass is 10.2. The van der Waals surface area contributed by atoms with Gasteiger partial charge in [-0.2, -0.15) is 0 Å². The van der Waals surface area contributed by atoms with Crippen LogP contribution in [-0.2, 0) is 11.3 Å². The van der Waals surface area contributed by atoms with Crippen molar-refractivity contribution in [2.75, 3.05) is 7.11 Å². The minimum absolute atomic E-state index is 0.461. The van der Waals surface area contributed by atoms with Crippen LogP contribution in [0.15, 0.2) is 29.0 Å². The zero-order valence-corrected chi connectivity index (χ0v) is 12.7. The molecule has 0 bridgehead atoms. The van der Waals surface area contributed by atoms with Crippen molar-refractivity contribution in [1.82, 2.24) is 5.32 Å². The highest BCUT2D eigenvalue weighted by Crippen LogP contribution is 2.29. The van der Waals surface area contributed by atoms with E-state index in [4.69, 9.17) is 4.74 Å². The van der Waals surface area contributed by atoms with Gasteiger partial charge in [0, 0.05) is 35.0 Å². The van der Waals surface area contributed by atoms with Crippen molar-refractivity contribution in [3.8, 4) is 10.4 Å². The maximum atomic E-state index is 5.41. The van der Waals surface area contributed by atoms with E-state index >= 15 is 0 Å². The number of ether oxygens (including phenoxy) is 1. The van der Waals surface area contributed by atoms with E-state index in [2.05, 4.69) is 34.3 Å². The lowest BCUT2D eigenvalue weighted by Gasteiger charge is -2.11. The molecule has 0 amide bonds. The third-order valence-corrected chi connectivity index (χ3v) is 5.60. The molecule has 1 aliphatic carbocycles. The Bertz CT molecular complexity index is 506. The Morgan fingerprint density at radius 1 is 1.37 bits per heavy atom. The van der Waals surface area contributed by atoms with Crippen LogP contribution < -0.4 is 5.32 Å². The predicted octanol–water partition coefficient (Wildman–Crippen LogP) is 4.13. The summed E-state index contributed by atoms with van der Waals surface area (Å²) in [6, 6.07) is 7.23. The van der Waals surface area contributed by atoms with E-state index in [-0.39, 0.29) is 0 Å². The molecule has 1 aliphatic rings. The molecular weight excluding hydrogens is 274 g/mol. The average Bonchev–Trinajstić information content (AvgIpc) is 3.16. The second-order valence-corrected chi connectivity index (χ2v) is 6.97. The van der Waals surface area contributed by atoms with Crippen LogP contribution in [-0.4, -0.2) is 19.3 Å². The summed E-state index contributed by atoms with van der Waals surface area (Å²) >= 11 is 3.66. The number of nitrogens with one attached hydrogen (secondary N) is 1. The molecule has 2 aromatic rings. The summed E-state index contributed by atoms with van der Waals surface area (Å²) in [7, 11) is 1.82. The van der Waals surface area contributed by atoms with Crippen LogP contribution in [0.2, 0.25) is 0 Å². The maximum absolute atomic E-state index is 5.41. The van der Waals surface area contributed by atoms with Gasteiger partial charge >= 0.3 is 0 Å². The van der Waals surface area contributed by atoms with E-state index in [0.29, 0.717) is 12.1 Å². The highest BCUT2D eigenvalue weighted by atomic mass is 32.1. The smallest absolute Gasteiger partial charge is 0.0586 e. The van der Waals surface area contributed by atoms with Gasteiger partial charge in [-0.3, -0.25) is 0 Å². The van der Waals surface area contributed by atoms with Crippen molar-refractivity contribution < 1.29 is 4.74 Å². The molecule has 0 aromatic carbocycles. The zero-order valence-electron chi connectivity index (χ0n) is 11.1. The monoisotopic (exact) mass is 293 g/mol. The fourth-order valence-corrected chi connectivity index (χ4v) is 4.25. The molecule has 1 saturated carbocycles. The van der Waals surface area contributed by atoms with Gasteiger partial charge in [-0.1, -0.05) is 6.07 Å². The van der Waals surface area contributed by atoms with Crippen LogP contribution in [0.3, 0.4) is 0 Å². The summed E-state index contributed by atoms with van der Waals surface area (Å²) in [4.78, 5) is 2.78. The lowest BCUT2D eigenvalue weighted by molar-refractivity contribution is 0.107. The Hall–Kier alpha value is -0.680. The number of thiophene rings is 2. The Morgan fingerprint density at radius 3 is 3.05 bits per heavy atom. The maximum Gasteiger partial charge on any atom is 0.0586 e. The van der Waals surface area contributed by atoms with E-state index in [9.17, 15) is 0 Å². The van der Waals surface area contributed by atoms with Gasteiger partial charge in [0.15, 0.2) is 0 Å². The fraction of sp³-hybridized carbons (Fsp3) is 0.467. The second-order valence-electron chi connectivity index (χ2n) is 5.03. The van der Waals surface area contributed by atoms with Crippen LogP contribution in [0, 0.1) is 0 Å². The first kappa shape index (κ1) is 13.3. The van der Waals surface area contributed by atoms with Gasteiger partial charge in [0.25, 0.3) is 0 Å². The van der Waals surface area contributed by atoms with Gasteiger partial charge in [-0.15, -0.1) is 22.7 Å². The first-order valence-electron chi connectivity index (χ1n) is 6.72. The molecule has 0 radical (unpaired) electrons. The first-order valence-corrected chi connectivity index (χ1v) is 8.48. The summed E-state index contributed by atoms with van der Waals surface area (Å²) < 4.78 is 5.41. The minimum atomic E-state index is 0.461. The summed E-state index contributed by atoms with van der Waals surface area (Å²) in [5.74, 6) is 0. The Balaban J connectivity index is 1.54. The van der Waals surface area contributed by atoms with Crippen LogP contribution in [0.1, 0.15) is 24.1 Å². The number of methoxy groups -OCH3 is 1. The van der Waals surface area contributed by atoms with Gasteiger partial charge in [-0.05, 0) is 42.2 Å². The number of rotatable bonds is 5. The normalized spacial score (nSPS) is 23.0. The molecule has 0 aliphatic heterocycles. The van der Waals surface area contributed by atoms with Crippen LogP contribution in [0.4, 0.5) is 0 Å². The molecule has 3 rings (SSSR count). The largest absolute Gasteiger partial charge is 0.381 e. The fourth-order valence-electron chi connectivity index (χ4n) is 2.63. The summed E-state index contributed by atoms with van der Waals surface area (Å²) in [6.07, 6.45) is 4.04. The molecule has 0 saturated heterocycles. The second kappa shape index (κ2) is 6.18. The van der Waals surface area contributed by atoms with E-state index in [1.165, 1.54) is 28.2 Å². The molecule has 19 heavy (non-hydrogen) atoms. The van der Waals surface area contributed by atoms with Crippen molar-refractivity contribution >= 4 is 22.7 Å². The molecule has 2 atom stereocenters. The van der Waals surface area contributed by atoms with Gasteiger partial charge in [0.05, 0.1) is 6.10 Å². The Kier molecular flexibility index (Phi) is 4.33. The van der Waals surface area contributed by atoms with Crippen LogP contribution in [0.25, 0.3) is 10.4 Å². The van der Waals surface area contributed by atoms with E-state index in [1.54, 1.807) is 11.3 Å². The lowest BCUT2D eigenvalue weighted by Crippen LogP contribution is -2.26. The van der Waals surface area contributed by atoms with E-state index in [0.717, 1.165) is 13.0 Å². The van der Waals surface area contributed by atoms with Gasteiger partial charge < -0.3 is 10.1 Å². The molecule has 2 aromatic heterocycles. The van der Waals surface area contributed by atoms with Crippen molar-refractivity contribution in [1.29, 1.82) is 0 Å². The molecule has 2 unspecified atom stereocenters. The highest BCUT2D eigenvalue weighted by molar-refractivity contribution is 7.14. The van der Waals surface area contributed by atoms with E-state index < -0.39 is 0 Å². The predicted molar refractivity (Wildman–Crippen MR) is 82.9 cm³/mol. The summed E-state index contributed by atoms with van der Waals surface area (Å²) in [6.45, 7) is 0.983. The van der Waals surface area contributed by atoms with Gasteiger partial charge in [0.1, 0.15) is 0 Å². The van der Waals surface area contributed by atoms with Crippen molar-refractivity contribution in [3.63, 3.8) is 0 Å². The third-order valence-electron chi connectivity index (χ3n) is 3.74. The number of hydrogen-bond acceptors (Lipinski definition) is 4. The molecule has 4 heteroatoms. The SMILES string of the molecule is COC1CCC(NCc2cc(-c3cccs3)cs2)C1. The Labute approximate surface area is 122 Å². The molecule has 2 heterocycles. The quantitative estimate of drug-likeness (QED) is 0.895. The van der Waals surface area contributed by atoms with Crippen molar-refractivity contribution in [2.45, 2.75) is 38.0 Å². The van der Waals surface area contributed by atoms with Gasteiger partial charge in [0.2, 0.25) is 0 Å². The zero-order chi connectivity index (χ0) is 13.1. The minimum Gasteiger partial charge on any atom is -0.381 e. The van der Waals surface area contributed by atoms with Crippen LogP contribution >= 0.6 is 22.7 Å².